The smallest absolute Gasteiger partial charge is 0.171 e. The lowest BCUT2D eigenvalue weighted by Gasteiger charge is -2.26. The Balaban J connectivity index is 2.37. The molecule has 1 atom stereocenters. The third kappa shape index (κ3) is 2.68. The number of benzene rings is 1. The average molecular weight is 268 g/mol. The second-order valence-electron chi connectivity index (χ2n) is 6.21. The van der Waals surface area contributed by atoms with E-state index in [4.69, 9.17) is 4.74 Å². The first-order valence-electron chi connectivity index (χ1n) is 6.32. The molecule has 1 aliphatic heterocycles. The molecule has 1 unspecified atom stereocenters. The highest BCUT2D eigenvalue weighted by Gasteiger charge is 2.49. The number of hydrogen-bond acceptors (Lipinski definition) is 2. The van der Waals surface area contributed by atoms with Crippen molar-refractivity contribution in [2.75, 3.05) is 0 Å². The van der Waals surface area contributed by atoms with Gasteiger partial charge in [0.05, 0.1) is 22.7 Å². The Hall–Kier alpha value is -1.29. The molecule has 1 saturated heterocycles. The number of ether oxygens (including phenoxy) is 1. The SMILES string of the molecule is CC1(C)CC(C(=O)c2cc(F)ccc2F)C(C)(C)O1. The van der Waals surface area contributed by atoms with Gasteiger partial charge in [-0.25, -0.2) is 8.78 Å². The van der Waals surface area contributed by atoms with E-state index in [1.807, 2.05) is 27.7 Å². The molecule has 2 rings (SSSR count). The van der Waals surface area contributed by atoms with Crippen molar-refractivity contribution in [1.29, 1.82) is 0 Å². The monoisotopic (exact) mass is 268 g/mol. The highest BCUT2D eigenvalue weighted by molar-refractivity contribution is 5.99. The molecule has 0 aliphatic carbocycles. The molecule has 0 aromatic heterocycles. The van der Waals surface area contributed by atoms with E-state index in [0.717, 1.165) is 18.2 Å². The normalized spacial score (nSPS) is 24.4. The van der Waals surface area contributed by atoms with Crippen LogP contribution in [0.25, 0.3) is 0 Å². The summed E-state index contributed by atoms with van der Waals surface area (Å²) in [6.45, 7) is 7.40. The predicted molar refractivity (Wildman–Crippen MR) is 68.0 cm³/mol. The summed E-state index contributed by atoms with van der Waals surface area (Å²) >= 11 is 0. The molecular weight excluding hydrogens is 250 g/mol. The van der Waals surface area contributed by atoms with Crippen molar-refractivity contribution < 1.29 is 18.3 Å². The average Bonchev–Trinajstić information content (AvgIpc) is 2.49. The van der Waals surface area contributed by atoms with Crippen LogP contribution in [-0.2, 0) is 4.74 Å². The van der Waals surface area contributed by atoms with Gasteiger partial charge in [-0.1, -0.05) is 0 Å². The summed E-state index contributed by atoms with van der Waals surface area (Å²) in [7, 11) is 0. The standard InChI is InChI=1S/C15H18F2O2/c1-14(2)8-11(15(3,4)19-14)13(18)10-7-9(16)5-6-12(10)17/h5-7,11H,8H2,1-4H3. The van der Waals surface area contributed by atoms with Gasteiger partial charge >= 0.3 is 0 Å². The first-order chi connectivity index (χ1) is 8.62. The van der Waals surface area contributed by atoms with Crippen LogP contribution in [0.3, 0.4) is 0 Å². The number of hydrogen-bond donors (Lipinski definition) is 0. The first kappa shape index (κ1) is 14.1. The molecule has 0 saturated carbocycles. The fourth-order valence-electron chi connectivity index (χ4n) is 2.84. The van der Waals surface area contributed by atoms with Crippen molar-refractivity contribution in [2.24, 2.45) is 5.92 Å². The molecule has 0 N–H and O–H groups in total. The zero-order valence-electron chi connectivity index (χ0n) is 11.6. The lowest BCUT2D eigenvalue weighted by atomic mass is 9.81. The number of ketones is 1. The van der Waals surface area contributed by atoms with Gasteiger partial charge in [-0.2, -0.15) is 0 Å². The quantitative estimate of drug-likeness (QED) is 0.764. The van der Waals surface area contributed by atoms with Crippen LogP contribution in [0.5, 0.6) is 0 Å². The van der Waals surface area contributed by atoms with E-state index >= 15 is 0 Å². The number of rotatable bonds is 2. The predicted octanol–water partition coefficient (Wildman–Crippen LogP) is 3.74. The van der Waals surface area contributed by atoms with Gasteiger partial charge in [0.2, 0.25) is 0 Å². The van der Waals surface area contributed by atoms with Crippen LogP contribution in [0, 0.1) is 17.6 Å². The number of carbonyl (C=O) groups excluding carboxylic acids is 1. The first-order valence-corrected chi connectivity index (χ1v) is 6.32. The van der Waals surface area contributed by atoms with Crippen LogP contribution >= 0.6 is 0 Å². The van der Waals surface area contributed by atoms with Crippen LogP contribution in [-0.4, -0.2) is 17.0 Å². The van der Waals surface area contributed by atoms with Gasteiger partial charge in [-0.3, -0.25) is 4.79 Å². The van der Waals surface area contributed by atoms with Crippen molar-refractivity contribution in [2.45, 2.75) is 45.3 Å². The summed E-state index contributed by atoms with van der Waals surface area (Å²) < 4.78 is 32.7. The minimum absolute atomic E-state index is 0.195. The van der Waals surface area contributed by atoms with Gasteiger partial charge in [0.1, 0.15) is 11.6 Å². The summed E-state index contributed by atoms with van der Waals surface area (Å²) in [5, 5.41) is 0. The Morgan fingerprint density at radius 1 is 1.26 bits per heavy atom. The minimum atomic E-state index is -0.688. The molecule has 0 amide bonds. The number of carbonyl (C=O) groups is 1. The molecule has 4 heteroatoms. The lowest BCUT2D eigenvalue weighted by molar-refractivity contribution is -0.0712. The Morgan fingerprint density at radius 2 is 1.89 bits per heavy atom. The van der Waals surface area contributed by atoms with Gasteiger partial charge in [0.25, 0.3) is 0 Å². The largest absolute Gasteiger partial charge is 0.369 e. The van der Waals surface area contributed by atoms with E-state index in [1.165, 1.54) is 0 Å². The molecule has 0 spiro atoms. The van der Waals surface area contributed by atoms with Crippen LogP contribution in [0.4, 0.5) is 8.78 Å². The molecule has 104 valence electrons. The summed E-state index contributed by atoms with van der Waals surface area (Å²) in [6.07, 6.45) is 0.495. The van der Waals surface area contributed by atoms with E-state index in [2.05, 4.69) is 0 Å². The number of halogens is 2. The minimum Gasteiger partial charge on any atom is -0.369 e. The molecule has 1 aromatic rings. The van der Waals surface area contributed by atoms with E-state index < -0.39 is 34.5 Å². The van der Waals surface area contributed by atoms with Crippen molar-refractivity contribution >= 4 is 5.78 Å². The summed E-state index contributed by atoms with van der Waals surface area (Å²) in [5.41, 5.74) is -1.31. The van der Waals surface area contributed by atoms with E-state index in [0.29, 0.717) is 6.42 Å². The molecule has 1 aromatic carbocycles. The van der Waals surface area contributed by atoms with E-state index in [9.17, 15) is 13.6 Å². The maximum absolute atomic E-state index is 13.7. The van der Waals surface area contributed by atoms with Crippen LogP contribution in [0.1, 0.15) is 44.5 Å². The third-order valence-corrected chi connectivity index (χ3v) is 3.58. The molecule has 0 radical (unpaired) electrons. The fourth-order valence-corrected chi connectivity index (χ4v) is 2.84. The summed E-state index contributed by atoms with van der Waals surface area (Å²) in [6, 6.07) is 2.95. The molecule has 1 aliphatic rings. The highest BCUT2D eigenvalue weighted by Crippen LogP contribution is 2.43. The Kier molecular flexibility index (Phi) is 3.25. The highest BCUT2D eigenvalue weighted by atomic mass is 19.1. The Labute approximate surface area is 111 Å². The molecule has 1 fully saturated rings. The molecular formula is C15H18F2O2. The maximum Gasteiger partial charge on any atom is 0.171 e. The third-order valence-electron chi connectivity index (χ3n) is 3.58. The zero-order chi connectivity index (χ0) is 14.4. The fraction of sp³-hybridized carbons (Fsp3) is 0.533. The van der Waals surface area contributed by atoms with E-state index in [-0.39, 0.29) is 5.56 Å². The molecule has 0 bridgehead atoms. The van der Waals surface area contributed by atoms with Gasteiger partial charge in [0, 0.05) is 0 Å². The molecule has 19 heavy (non-hydrogen) atoms. The molecule has 1 heterocycles. The second kappa shape index (κ2) is 4.37. The van der Waals surface area contributed by atoms with Gasteiger partial charge in [0.15, 0.2) is 5.78 Å². The van der Waals surface area contributed by atoms with Crippen LogP contribution in [0.15, 0.2) is 18.2 Å². The lowest BCUT2D eigenvalue weighted by Crippen LogP contribution is -2.34. The number of Topliss-reactive ketones (excluding diaryl/α,β-unsaturated/α-hetero) is 1. The van der Waals surface area contributed by atoms with E-state index in [1.54, 1.807) is 0 Å². The van der Waals surface area contributed by atoms with Crippen LogP contribution in [0.2, 0.25) is 0 Å². The van der Waals surface area contributed by atoms with Gasteiger partial charge < -0.3 is 4.74 Å². The summed E-state index contributed by atoms with van der Waals surface area (Å²) in [5.74, 6) is -2.17. The Bertz CT molecular complexity index is 521. The van der Waals surface area contributed by atoms with Crippen molar-refractivity contribution in [1.82, 2.24) is 0 Å². The Morgan fingerprint density at radius 3 is 2.42 bits per heavy atom. The van der Waals surface area contributed by atoms with Crippen molar-refractivity contribution in [3.8, 4) is 0 Å². The zero-order valence-corrected chi connectivity index (χ0v) is 11.6. The van der Waals surface area contributed by atoms with Gasteiger partial charge in [-0.15, -0.1) is 0 Å². The topological polar surface area (TPSA) is 26.3 Å². The maximum atomic E-state index is 13.7. The van der Waals surface area contributed by atoms with Crippen molar-refractivity contribution in [3.05, 3.63) is 35.4 Å². The van der Waals surface area contributed by atoms with Crippen molar-refractivity contribution in [3.63, 3.8) is 0 Å². The second-order valence-corrected chi connectivity index (χ2v) is 6.21. The van der Waals surface area contributed by atoms with Gasteiger partial charge in [-0.05, 0) is 52.3 Å². The van der Waals surface area contributed by atoms with Crippen LogP contribution < -0.4 is 0 Å². The summed E-state index contributed by atoms with van der Waals surface area (Å²) in [4.78, 5) is 12.4. The molecule has 2 nitrogen and oxygen atoms in total.